The van der Waals surface area contributed by atoms with Crippen LogP contribution in [0.15, 0.2) is 0 Å². The molecule has 0 aromatic rings. The van der Waals surface area contributed by atoms with Gasteiger partial charge in [0, 0.05) is 13.7 Å². The van der Waals surface area contributed by atoms with E-state index in [4.69, 9.17) is 4.74 Å². The van der Waals surface area contributed by atoms with Crippen LogP contribution < -0.4 is 5.32 Å². The molecule has 1 atom stereocenters. The molecule has 0 aromatic heterocycles. The lowest BCUT2D eigenvalue weighted by atomic mass is 9.87. The first kappa shape index (κ1) is 15.4. The van der Waals surface area contributed by atoms with Gasteiger partial charge in [-0.25, -0.2) is 0 Å². The standard InChI is InChI=1S/C13H27NO2/c1-6-7-8-9-13(3,4)10-14-12(15)11(2)16-5/h11H,6-10H2,1-5H3,(H,14,15). The maximum Gasteiger partial charge on any atom is 0.248 e. The Labute approximate surface area is 99.9 Å². The fourth-order valence-corrected chi connectivity index (χ4v) is 1.52. The molecule has 0 aliphatic heterocycles. The largest absolute Gasteiger partial charge is 0.372 e. The smallest absolute Gasteiger partial charge is 0.248 e. The average Bonchev–Trinajstić information content (AvgIpc) is 2.25. The zero-order valence-electron chi connectivity index (χ0n) is 11.4. The molecule has 0 saturated carbocycles. The molecule has 0 spiro atoms. The second-order valence-corrected chi connectivity index (χ2v) is 5.22. The van der Waals surface area contributed by atoms with Crippen LogP contribution in [0.3, 0.4) is 0 Å². The highest BCUT2D eigenvalue weighted by Gasteiger charge is 2.20. The monoisotopic (exact) mass is 229 g/mol. The summed E-state index contributed by atoms with van der Waals surface area (Å²) < 4.78 is 4.96. The number of methoxy groups -OCH3 is 1. The zero-order chi connectivity index (χ0) is 12.6. The van der Waals surface area contributed by atoms with E-state index in [1.54, 1.807) is 14.0 Å². The molecule has 0 aromatic carbocycles. The molecule has 0 fully saturated rings. The van der Waals surface area contributed by atoms with Crippen molar-refractivity contribution in [3.05, 3.63) is 0 Å². The van der Waals surface area contributed by atoms with Gasteiger partial charge in [-0.05, 0) is 18.8 Å². The topological polar surface area (TPSA) is 38.3 Å². The third-order valence-electron chi connectivity index (χ3n) is 2.92. The summed E-state index contributed by atoms with van der Waals surface area (Å²) in [6.07, 6.45) is 4.54. The number of ether oxygens (including phenoxy) is 1. The number of nitrogens with one attached hydrogen (secondary N) is 1. The van der Waals surface area contributed by atoms with Crippen molar-refractivity contribution in [1.82, 2.24) is 5.32 Å². The van der Waals surface area contributed by atoms with Crippen LogP contribution in [0.4, 0.5) is 0 Å². The molecule has 0 radical (unpaired) electrons. The minimum Gasteiger partial charge on any atom is -0.372 e. The Balaban J connectivity index is 3.84. The van der Waals surface area contributed by atoms with Gasteiger partial charge in [0.15, 0.2) is 0 Å². The molecule has 0 bridgehead atoms. The molecule has 0 aliphatic rings. The van der Waals surface area contributed by atoms with E-state index in [2.05, 4.69) is 26.1 Å². The molecular formula is C13H27NO2. The van der Waals surface area contributed by atoms with Gasteiger partial charge in [-0.3, -0.25) is 4.79 Å². The van der Waals surface area contributed by atoms with Gasteiger partial charge in [0.25, 0.3) is 0 Å². The maximum absolute atomic E-state index is 11.5. The minimum absolute atomic E-state index is 0.0222. The molecule has 1 amide bonds. The van der Waals surface area contributed by atoms with Crippen molar-refractivity contribution >= 4 is 5.91 Å². The molecule has 1 unspecified atom stereocenters. The van der Waals surface area contributed by atoms with Crippen molar-refractivity contribution in [2.75, 3.05) is 13.7 Å². The average molecular weight is 229 g/mol. The third kappa shape index (κ3) is 6.83. The fourth-order valence-electron chi connectivity index (χ4n) is 1.52. The van der Waals surface area contributed by atoms with Gasteiger partial charge in [0.1, 0.15) is 6.10 Å². The van der Waals surface area contributed by atoms with Gasteiger partial charge in [-0.1, -0.05) is 40.0 Å². The van der Waals surface area contributed by atoms with E-state index in [1.807, 2.05) is 0 Å². The van der Waals surface area contributed by atoms with E-state index < -0.39 is 0 Å². The number of carbonyl (C=O) groups excluding carboxylic acids is 1. The van der Waals surface area contributed by atoms with Crippen molar-refractivity contribution in [1.29, 1.82) is 0 Å². The summed E-state index contributed by atoms with van der Waals surface area (Å²) in [7, 11) is 1.55. The number of amides is 1. The summed E-state index contributed by atoms with van der Waals surface area (Å²) in [6, 6.07) is 0. The SMILES string of the molecule is CCCCCC(C)(C)CNC(=O)C(C)OC. The van der Waals surface area contributed by atoms with Crippen LogP contribution in [0.1, 0.15) is 53.4 Å². The van der Waals surface area contributed by atoms with Gasteiger partial charge in [0.05, 0.1) is 0 Å². The number of rotatable bonds is 8. The molecule has 3 heteroatoms. The first-order valence-corrected chi connectivity index (χ1v) is 6.23. The summed E-state index contributed by atoms with van der Waals surface area (Å²) in [5.74, 6) is -0.0222. The van der Waals surface area contributed by atoms with Gasteiger partial charge >= 0.3 is 0 Å². The van der Waals surface area contributed by atoms with Gasteiger partial charge in [-0.2, -0.15) is 0 Å². The highest BCUT2D eigenvalue weighted by molar-refractivity contribution is 5.80. The van der Waals surface area contributed by atoms with E-state index in [1.165, 1.54) is 19.3 Å². The van der Waals surface area contributed by atoms with E-state index in [-0.39, 0.29) is 17.4 Å². The predicted molar refractivity (Wildman–Crippen MR) is 67.4 cm³/mol. The van der Waals surface area contributed by atoms with E-state index in [0.717, 1.165) is 13.0 Å². The van der Waals surface area contributed by atoms with E-state index >= 15 is 0 Å². The van der Waals surface area contributed by atoms with Crippen molar-refractivity contribution < 1.29 is 9.53 Å². The Hall–Kier alpha value is -0.570. The Bertz CT molecular complexity index is 202. The van der Waals surface area contributed by atoms with Gasteiger partial charge in [-0.15, -0.1) is 0 Å². The first-order chi connectivity index (χ1) is 7.43. The quantitative estimate of drug-likeness (QED) is 0.650. The molecule has 1 N–H and O–H groups in total. The van der Waals surface area contributed by atoms with Crippen LogP contribution in [0.25, 0.3) is 0 Å². The Morgan fingerprint density at radius 3 is 2.50 bits per heavy atom. The van der Waals surface area contributed by atoms with Gasteiger partial charge < -0.3 is 10.1 Å². The lowest BCUT2D eigenvalue weighted by Crippen LogP contribution is -2.39. The molecule has 0 aliphatic carbocycles. The molecule has 96 valence electrons. The molecule has 0 saturated heterocycles. The number of hydrogen-bond acceptors (Lipinski definition) is 2. The highest BCUT2D eigenvalue weighted by Crippen LogP contribution is 2.22. The normalized spacial score (nSPS) is 13.6. The predicted octanol–water partition coefficient (Wildman–Crippen LogP) is 2.74. The summed E-state index contributed by atoms with van der Waals surface area (Å²) in [6.45, 7) is 9.08. The third-order valence-corrected chi connectivity index (χ3v) is 2.92. The molecule has 0 rings (SSSR count). The van der Waals surface area contributed by atoms with Crippen LogP contribution in [0.2, 0.25) is 0 Å². The lowest BCUT2D eigenvalue weighted by Gasteiger charge is -2.25. The zero-order valence-corrected chi connectivity index (χ0v) is 11.4. The van der Waals surface area contributed by atoms with E-state index in [9.17, 15) is 4.79 Å². The summed E-state index contributed by atoms with van der Waals surface area (Å²) >= 11 is 0. The summed E-state index contributed by atoms with van der Waals surface area (Å²) in [5, 5.41) is 2.94. The lowest BCUT2D eigenvalue weighted by molar-refractivity contribution is -0.130. The highest BCUT2D eigenvalue weighted by atomic mass is 16.5. The molecular weight excluding hydrogens is 202 g/mol. The molecule has 16 heavy (non-hydrogen) atoms. The first-order valence-electron chi connectivity index (χ1n) is 6.23. The van der Waals surface area contributed by atoms with Crippen molar-refractivity contribution in [2.45, 2.75) is 59.5 Å². The maximum atomic E-state index is 11.5. The van der Waals surface area contributed by atoms with Crippen LogP contribution in [-0.2, 0) is 9.53 Å². The summed E-state index contributed by atoms with van der Waals surface area (Å²) in [5.41, 5.74) is 0.179. The summed E-state index contributed by atoms with van der Waals surface area (Å²) in [4.78, 5) is 11.5. The second kappa shape index (κ2) is 7.66. The number of carbonyl (C=O) groups is 1. The fraction of sp³-hybridized carbons (Fsp3) is 0.923. The molecule has 0 heterocycles. The minimum atomic E-state index is -0.355. The van der Waals surface area contributed by atoms with Crippen molar-refractivity contribution in [2.24, 2.45) is 5.41 Å². The van der Waals surface area contributed by atoms with Crippen molar-refractivity contribution in [3.63, 3.8) is 0 Å². The van der Waals surface area contributed by atoms with Gasteiger partial charge in [0.2, 0.25) is 5.91 Å². The Morgan fingerprint density at radius 1 is 1.38 bits per heavy atom. The van der Waals surface area contributed by atoms with Crippen LogP contribution in [-0.4, -0.2) is 25.7 Å². The second-order valence-electron chi connectivity index (χ2n) is 5.22. The van der Waals surface area contributed by atoms with Crippen LogP contribution in [0.5, 0.6) is 0 Å². The van der Waals surface area contributed by atoms with Crippen LogP contribution in [0, 0.1) is 5.41 Å². The Kier molecular flexibility index (Phi) is 7.39. The molecule has 3 nitrogen and oxygen atoms in total. The number of unbranched alkanes of at least 4 members (excludes halogenated alkanes) is 2. The van der Waals surface area contributed by atoms with Crippen molar-refractivity contribution in [3.8, 4) is 0 Å². The Morgan fingerprint density at radius 2 is 2.00 bits per heavy atom. The van der Waals surface area contributed by atoms with E-state index in [0.29, 0.717) is 0 Å². The van der Waals surface area contributed by atoms with Crippen LogP contribution >= 0.6 is 0 Å². The number of hydrogen-bond donors (Lipinski definition) is 1.